The van der Waals surface area contributed by atoms with Crippen molar-refractivity contribution < 1.29 is 28.6 Å². The van der Waals surface area contributed by atoms with Crippen LogP contribution >= 0.6 is 11.3 Å². The van der Waals surface area contributed by atoms with Crippen molar-refractivity contribution in [1.29, 1.82) is 0 Å². The molecule has 3 heterocycles. The number of carbonyl (C=O) groups excluding carboxylic acids is 1. The van der Waals surface area contributed by atoms with Gasteiger partial charge in [0.1, 0.15) is 23.3 Å². The van der Waals surface area contributed by atoms with E-state index in [1.54, 1.807) is 50.3 Å². The first-order valence-corrected chi connectivity index (χ1v) is 13.3. The molecule has 1 aliphatic heterocycles. The number of hydrogen-bond acceptors (Lipinski definition) is 8. The van der Waals surface area contributed by atoms with Crippen LogP contribution in [0.3, 0.4) is 0 Å². The summed E-state index contributed by atoms with van der Waals surface area (Å²) in [5.41, 5.74) is 2.71. The highest BCUT2D eigenvalue weighted by Crippen LogP contribution is 2.35. The molecule has 1 aliphatic rings. The number of esters is 1. The smallest absolute Gasteiger partial charge is 0.338 e. The van der Waals surface area contributed by atoms with E-state index in [9.17, 15) is 19.5 Å². The Hall–Kier alpha value is -4.70. The molecule has 4 aromatic rings. The molecule has 0 unspecified atom stereocenters. The maximum Gasteiger partial charge on any atom is 0.338 e. The zero-order valence-corrected chi connectivity index (χ0v) is 23.1. The number of carboxylic acid groups (broad SMARTS) is 1. The average molecular weight is 559 g/mol. The van der Waals surface area contributed by atoms with Crippen LogP contribution < -0.4 is 19.6 Å². The Morgan fingerprint density at radius 2 is 1.93 bits per heavy atom. The van der Waals surface area contributed by atoms with E-state index in [1.807, 2.05) is 25.1 Å². The number of carbonyl (C=O) groups is 2. The Bertz CT molecular complexity index is 1860. The van der Waals surface area contributed by atoms with Crippen molar-refractivity contribution in [2.24, 2.45) is 4.99 Å². The number of hydrogen-bond donors (Lipinski definition) is 1. The van der Waals surface area contributed by atoms with Gasteiger partial charge in [-0.1, -0.05) is 35.6 Å². The lowest BCUT2D eigenvalue weighted by atomic mass is 9.95. The van der Waals surface area contributed by atoms with Crippen molar-refractivity contribution in [2.45, 2.75) is 26.8 Å². The second kappa shape index (κ2) is 10.8. The molecule has 5 rings (SSSR count). The van der Waals surface area contributed by atoms with E-state index >= 15 is 0 Å². The van der Waals surface area contributed by atoms with Gasteiger partial charge in [0.05, 0.1) is 35.1 Å². The molecule has 204 valence electrons. The van der Waals surface area contributed by atoms with E-state index in [-0.39, 0.29) is 23.3 Å². The first kappa shape index (κ1) is 26.9. The molecule has 40 heavy (non-hydrogen) atoms. The molecule has 10 heteroatoms. The first-order chi connectivity index (χ1) is 19.2. The quantitative estimate of drug-likeness (QED) is 0.340. The summed E-state index contributed by atoms with van der Waals surface area (Å²) in [4.78, 5) is 43.2. The molecular weight excluding hydrogens is 532 g/mol. The van der Waals surface area contributed by atoms with E-state index in [2.05, 4.69) is 4.99 Å². The monoisotopic (exact) mass is 558 g/mol. The van der Waals surface area contributed by atoms with Crippen molar-refractivity contribution in [1.82, 2.24) is 4.57 Å². The molecule has 0 aliphatic carbocycles. The number of nitrogens with zero attached hydrogens (tertiary/aromatic N) is 2. The van der Waals surface area contributed by atoms with Crippen LogP contribution in [0.5, 0.6) is 5.75 Å². The van der Waals surface area contributed by atoms with Gasteiger partial charge in [-0.15, -0.1) is 0 Å². The normalized spacial score (nSPS) is 15.0. The Labute approximate surface area is 232 Å². The first-order valence-electron chi connectivity index (χ1n) is 12.5. The number of methoxy groups -OCH3 is 1. The van der Waals surface area contributed by atoms with Gasteiger partial charge >= 0.3 is 11.9 Å². The fourth-order valence-corrected chi connectivity index (χ4v) is 5.78. The number of benzene rings is 2. The summed E-state index contributed by atoms with van der Waals surface area (Å²) in [6.45, 7) is 5.44. The van der Waals surface area contributed by atoms with Gasteiger partial charge < -0.3 is 19.0 Å². The van der Waals surface area contributed by atoms with Crippen LogP contribution in [0.4, 0.5) is 0 Å². The number of ether oxygens (including phenoxy) is 2. The summed E-state index contributed by atoms with van der Waals surface area (Å²) < 4.78 is 18.8. The highest BCUT2D eigenvalue weighted by molar-refractivity contribution is 7.07. The van der Waals surface area contributed by atoms with Crippen LogP contribution in [-0.2, 0) is 9.53 Å². The number of carboxylic acids is 1. The summed E-state index contributed by atoms with van der Waals surface area (Å²) in [5.74, 6) is -0.0386. The van der Waals surface area contributed by atoms with Gasteiger partial charge in [-0.2, -0.15) is 0 Å². The molecule has 0 radical (unpaired) electrons. The second-order valence-electron chi connectivity index (χ2n) is 9.08. The number of allylic oxidation sites excluding steroid dienone is 1. The molecule has 0 saturated heterocycles. The Kier molecular flexibility index (Phi) is 7.27. The molecule has 0 spiro atoms. The standard InChI is InChI=1S/C30H26N2O7S/c1-5-38-29(36)25-17(3)31-30-32(26(25)21-8-6-7-9-22(21)37-4)27(33)24(40-30)15-19-11-13-23(39-19)20-12-10-18(28(34)35)14-16(20)2/h6-15,26H,5H2,1-4H3,(H,34,35)/b24-15-/t26-/m1/s1. The Morgan fingerprint density at radius 3 is 2.62 bits per heavy atom. The number of furan rings is 1. The number of para-hydroxylation sites is 1. The molecule has 1 atom stereocenters. The van der Waals surface area contributed by atoms with Crippen LogP contribution in [0.15, 0.2) is 80.1 Å². The molecule has 0 bridgehead atoms. The number of thiazole rings is 1. The minimum atomic E-state index is -1.00. The molecule has 2 aromatic carbocycles. The van der Waals surface area contributed by atoms with Crippen LogP contribution in [0, 0.1) is 6.92 Å². The maximum absolute atomic E-state index is 13.8. The van der Waals surface area contributed by atoms with Gasteiger partial charge in [0.2, 0.25) is 0 Å². The average Bonchev–Trinajstić information content (AvgIpc) is 3.51. The molecule has 2 aromatic heterocycles. The molecular formula is C30H26N2O7S. The SMILES string of the molecule is CCOC(=O)C1=C(C)N=c2s/c(=C\c3ccc(-c4ccc(C(=O)O)cc4C)o3)c(=O)n2[C@@H]1c1ccccc1OC. The largest absolute Gasteiger partial charge is 0.496 e. The summed E-state index contributed by atoms with van der Waals surface area (Å²) in [5, 5.41) is 9.24. The Balaban J connectivity index is 1.63. The fraction of sp³-hybridized carbons (Fsp3) is 0.200. The van der Waals surface area contributed by atoms with Crippen molar-refractivity contribution in [2.75, 3.05) is 13.7 Å². The van der Waals surface area contributed by atoms with Gasteiger partial charge in [-0.25, -0.2) is 14.6 Å². The molecule has 0 saturated carbocycles. The minimum Gasteiger partial charge on any atom is -0.496 e. The minimum absolute atomic E-state index is 0.179. The molecule has 9 nitrogen and oxygen atoms in total. The van der Waals surface area contributed by atoms with E-state index in [0.717, 1.165) is 11.1 Å². The zero-order chi connectivity index (χ0) is 28.6. The van der Waals surface area contributed by atoms with Crippen LogP contribution in [0.2, 0.25) is 0 Å². The van der Waals surface area contributed by atoms with E-state index in [1.165, 1.54) is 29.1 Å². The van der Waals surface area contributed by atoms with Crippen molar-refractivity contribution in [3.05, 3.63) is 108 Å². The third kappa shape index (κ3) is 4.77. The van der Waals surface area contributed by atoms with Crippen LogP contribution in [0.25, 0.3) is 17.4 Å². The van der Waals surface area contributed by atoms with Gasteiger partial charge in [0.15, 0.2) is 4.80 Å². The predicted octanol–water partition coefficient (Wildman–Crippen LogP) is 4.07. The molecule has 0 fully saturated rings. The maximum atomic E-state index is 13.8. The Morgan fingerprint density at radius 1 is 1.15 bits per heavy atom. The second-order valence-corrected chi connectivity index (χ2v) is 10.1. The summed E-state index contributed by atoms with van der Waals surface area (Å²) >= 11 is 1.19. The van der Waals surface area contributed by atoms with Crippen molar-refractivity contribution in [3.8, 4) is 17.1 Å². The number of rotatable bonds is 7. The van der Waals surface area contributed by atoms with Gasteiger partial charge in [-0.3, -0.25) is 9.36 Å². The summed E-state index contributed by atoms with van der Waals surface area (Å²) in [6.07, 6.45) is 1.64. The summed E-state index contributed by atoms with van der Waals surface area (Å²) in [6, 6.07) is 14.7. The number of fused-ring (bicyclic) bond motifs is 1. The predicted molar refractivity (Wildman–Crippen MR) is 149 cm³/mol. The van der Waals surface area contributed by atoms with Gasteiger partial charge in [-0.05, 0) is 56.7 Å². The number of aryl methyl sites for hydroxylation is 1. The number of aromatic carboxylic acids is 1. The van der Waals surface area contributed by atoms with E-state index < -0.39 is 18.0 Å². The molecule has 0 amide bonds. The number of aromatic nitrogens is 1. The molecule has 1 N–H and O–H groups in total. The topological polar surface area (TPSA) is 120 Å². The zero-order valence-electron chi connectivity index (χ0n) is 22.3. The van der Waals surface area contributed by atoms with E-state index in [0.29, 0.717) is 37.9 Å². The van der Waals surface area contributed by atoms with Crippen molar-refractivity contribution in [3.63, 3.8) is 0 Å². The lowest BCUT2D eigenvalue weighted by Gasteiger charge is -2.25. The van der Waals surface area contributed by atoms with Crippen LogP contribution in [-0.4, -0.2) is 35.3 Å². The van der Waals surface area contributed by atoms with Crippen LogP contribution in [0.1, 0.15) is 47.1 Å². The third-order valence-electron chi connectivity index (χ3n) is 6.59. The summed E-state index contributed by atoms with van der Waals surface area (Å²) in [7, 11) is 1.54. The fourth-order valence-electron chi connectivity index (χ4n) is 4.76. The van der Waals surface area contributed by atoms with Gasteiger partial charge in [0.25, 0.3) is 5.56 Å². The lowest BCUT2D eigenvalue weighted by molar-refractivity contribution is -0.139. The lowest BCUT2D eigenvalue weighted by Crippen LogP contribution is -2.40. The highest BCUT2D eigenvalue weighted by atomic mass is 32.1. The van der Waals surface area contributed by atoms with E-state index in [4.69, 9.17) is 13.9 Å². The van der Waals surface area contributed by atoms with Crippen molar-refractivity contribution >= 4 is 29.4 Å². The van der Waals surface area contributed by atoms with Gasteiger partial charge in [0, 0.05) is 17.2 Å². The highest BCUT2D eigenvalue weighted by Gasteiger charge is 2.35. The third-order valence-corrected chi connectivity index (χ3v) is 7.57.